The molecule has 0 radical (unpaired) electrons. The molecule has 1 fully saturated rings. The van der Waals surface area contributed by atoms with Crippen LogP contribution in [0.5, 0.6) is 0 Å². The zero-order valence-electron chi connectivity index (χ0n) is 14.1. The van der Waals surface area contributed by atoms with Crippen molar-refractivity contribution in [2.75, 3.05) is 13.1 Å². The minimum Gasteiger partial charge on any atom is -0.467 e. The molecule has 0 saturated carbocycles. The van der Waals surface area contributed by atoms with Gasteiger partial charge in [0.2, 0.25) is 10.0 Å². The first-order valence-electron chi connectivity index (χ1n) is 8.07. The molecule has 1 aliphatic rings. The van der Waals surface area contributed by atoms with Gasteiger partial charge in [-0.3, -0.25) is 0 Å². The zero-order chi connectivity index (χ0) is 18.9. The number of carboxylic acid groups (broad SMARTS) is 1. The number of rotatable bonds is 5. The Bertz CT molecular complexity index is 863. The number of carbonyl (C=O) groups is 1. The second kappa shape index (κ2) is 7.10. The first-order valence-corrected chi connectivity index (χ1v) is 9.51. The highest BCUT2D eigenvalue weighted by Gasteiger charge is 2.44. The van der Waals surface area contributed by atoms with Crippen LogP contribution in [-0.2, 0) is 10.0 Å². The molecule has 0 spiro atoms. The molecular formula is C17H20N2O6S. The molecule has 1 aliphatic heterocycles. The van der Waals surface area contributed by atoms with E-state index in [0.29, 0.717) is 5.76 Å². The van der Waals surface area contributed by atoms with Gasteiger partial charge in [-0.05, 0) is 31.2 Å². The van der Waals surface area contributed by atoms with Gasteiger partial charge in [-0.1, -0.05) is 17.7 Å². The van der Waals surface area contributed by atoms with Crippen LogP contribution in [0.15, 0.2) is 52.0 Å². The fourth-order valence-electron chi connectivity index (χ4n) is 3.15. The van der Waals surface area contributed by atoms with E-state index < -0.39 is 34.2 Å². The average Bonchev–Trinajstić information content (AvgIpc) is 3.23. The van der Waals surface area contributed by atoms with Gasteiger partial charge in [0.25, 0.3) is 0 Å². The highest BCUT2D eigenvalue weighted by atomic mass is 32.2. The lowest BCUT2D eigenvalue weighted by molar-refractivity contribution is 0.113. The van der Waals surface area contributed by atoms with Crippen LogP contribution < -0.4 is 5.32 Å². The highest BCUT2D eigenvalue weighted by molar-refractivity contribution is 7.89. The quantitative estimate of drug-likeness (QED) is 0.724. The summed E-state index contributed by atoms with van der Waals surface area (Å²) in [6, 6.07) is 8.78. The summed E-state index contributed by atoms with van der Waals surface area (Å²) < 4.78 is 32.1. The Kier molecular flexibility index (Phi) is 5.03. The van der Waals surface area contributed by atoms with Crippen LogP contribution >= 0.6 is 0 Å². The predicted molar refractivity (Wildman–Crippen MR) is 92.0 cm³/mol. The van der Waals surface area contributed by atoms with Crippen LogP contribution in [0.1, 0.15) is 17.4 Å². The lowest BCUT2D eigenvalue weighted by Gasteiger charge is -2.23. The maximum atomic E-state index is 12.8. The van der Waals surface area contributed by atoms with E-state index in [4.69, 9.17) is 9.52 Å². The largest absolute Gasteiger partial charge is 0.467 e. The van der Waals surface area contributed by atoms with Crippen molar-refractivity contribution in [1.82, 2.24) is 9.62 Å². The molecule has 26 heavy (non-hydrogen) atoms. The third-order valence-corrected chi connectivity index (χ3v) is 6.36. The highest BCUT2D eigenvalue weighted by Crippen LogP contribution is 2.33. The third-order valence-electron chi connectivity index (χ3n) is 4.51. The van der Waals surface area contributed by atoms with E-state index in [1.807, 2.05) is 6.92 Å². The summed E-state index contributed by atoms with van der Waals surface area (Å²) >= 11 is 0. The minimum absolute atomic E-state index is 0.0248. The van der Waals surface area contributed by atoms with Crippen LogP contribution in [0.3, 0.4) is 0 Å². The predicted octanol–water partition coefficient (Wildman–Crippen LogP) is 1.58. The van der Waals surface area contributed by atoms with Gasteiger partial charge in [-0.25, -0.2) is 13.2 Å². The summed E-state index contributed by atoms with van der Waals surface area (Å²) in [5, 5.41) is 21.8. The van der Waals surface area contributed by atoms with Gasteiger partial charge in [0.05, 0.1) is 23.3 Å². The van der Waals surface area contributed by atoms with Gasteiger partial charge >= 0.3 is 6.09 Å². The number of amides is 1. The number of aryl methyl sites for hydroxylation is 1. The number of benzene rings is 1. The van der Waals surface area contributed by atoms with E-state index in [1.54, 1.807) is 24.3 Å². The Labute approximate surface area is 151 Å². The Morgan fingerprint density at radius 1 is 1.27 bits per heavy atom. The van der Waals surface area contributed by atoms with E-state index in [2.05, 4.69) is 5.32 Å². The molecule has 8 nitrogen and oxygen atoms in total. The van der Waals surface area contributed by atoms with Crippen molar-refractivity contribution in [3.63, 3.8) is 0 Å². The first kappa shape index (κ1) is 18.4. The molecule has 1 amide bonds. The normalized spacial score (nSPS) is 22.2. The number of nitrogens with one attached hydrogen (secondary N) is 1. The van der Waals surface area contributed by atoms with Crippen LogP contribution in [0.25, 0.3) is 0 Å². The minimum atomic E-state index is -3.78. The Morgan fingerprint density at radius 3 is 2.54 bits per heavy atom. The van der Waals surface area contributed by atoms with Crippen molar-refractivity contribution in [1.29, 1.82) is 0 Å². The number of furan rings is 1. The van der Waals surface area contributed by atoms with Crippen molar-refractivity contribution in [3.05, 3.63) is 54.0 Å². The number of hydrogen-bond donors (Lipinski definition) is 3. The van der Waals surface area contributed by atoms with Crippen molar-refractivity contribution < 1.29 is 27.8 Å². The zero-order valence-corrected chi connectivity index (χ0v) is 14.9. The molecule has 1 aromatic heterocycles. The van der Waals surface area contributed by atoms with Crippen LogP contribution in [0, 0.1) is 12.8 Å². The molecule has 2 heterocycles. The molecule has 1 saturated heterocycles. The van der Waals surface area contributed by atoms with E-state index >= 15 is 0 Å². The summed E-state index contributed by atoms with van der Waals surface area (Å²) in [7, 11) is -3.78. The van der Waals surface area contributed by atoms with Crippen molar-refractivity contribution in [2.24, 2.45) is 5.92 Å². The van der Waals surface area contributed by atoms with E-state index in [0.717, 1.165) is 5.56 Å². The molecule has 0 aliphatic carbocycles. The Balaban J connectivity index is 1.86. The molecule has 1 aromatic carbocycles. The molecule has 2 aromatic rings. The lowest BCUT2D eigenvalue weighted by atomic mass is 9.94. The standard InChI is InChI=1S/C17H20N2O6S/c1-11-4-6-12(7-5-11)26(23,24)19-9-13(14(20)10-19)16(18-17(21)22)15-3-2-8-25-15/h2-8,13-14,16,18,20H,9-10H2,1H3,(H,21,22)/t13-,14+,16+/m0/s1. The SMILES string of the molecule is Cc1ccc(S(=O)(=O)N2C[C@H]([C@@H](NC(=O)O)c3ccco3)[C@H](O)C2)cc1. The van der Waals surface area contributed by atoms with Gasteiger partial charge in [-0.2, -0.15) is 4.31 Å². The molecule has 3 atom stereocenters. The molecule has 0 bridgehead atoms. The Morgan fingerprint density at radius 2 is 1.96 bits per heavy atom. The number of hydrogen-bond acceptors (Lipinski definition) is 5. The molecular weight excluding hydrogens is 360 g/mol. The fourth-order valence-corrected chi connectivity index (χ4v) is 4.64. The number of aliphatic hydroxyl groups excluding tert-OH is 1. The molecule has 3 N–H and O–H groups in total. The van der Waals surface area contributed by atoms with Gasteiger partial charge in [0, 0.05) is 19.0 Å². The molecule has 0 unspecified atom stereocenters. The first-order chi connectivity index (χ1) is 12.3. The average molecular weight is 380 g/mol. The number of β-amino-alcohol motifs (C(OH)–C–C–N with tert-alkyl or cyclic N) is 1. The second-order valence-corrected chi connectivity index (χ2v) is 8.25. The Hall–Kier alpha value is -2.36. The summed E-state index contributed by atoms with van der Waals surface area (Å²) in [4.78, 5) is 11.3. The van der Waals surface area contributed by atoms with E-state index in [9.17, 15) is 18.3 Å². The van der Waals surface area contributed by atoms with Gasteiger partial charge in [-0.15, -0.1) is 0 Å². The molecule has 140 valence electrons. The fraction of sp³-hybridized carbons (Fsp3) is 0.353. The maximum absolute atomic E-state index is 12.8. The smallest absolute Gasteiger partial charge is 0.405 e. The number of sulfonamides is 1. The second-order valence-electron chi connectivity index (χ2n) is 6.31. The van der Waals surface area contributed by atoms with Crippen molar-refractivity contribution in [3.8, 4) is 0 Å². The molecule has 9 heteroatoms. The van der Waals surface area contributed by atoms with Crippen LogP contribution in [0.4, 0.5) is 4.79 Å². The third kappa shape index (κ3) is 3.59. The van der Waals surface area contributed by atoms with E-state index in [1.165, 1.54) is 22.7 Å². The van der Waals surface area contributed by atoms with Crippen molar-refractivity contribution >= 4 is 16.1 Å². The summed E-state index contributed by atoms with van der Waals surface area (Å²) in [6.45, 7) is 1.72. The van der Waals surface area contributed by atoms with Gasteiger partial charge in [0.15, 0.2) is 0 Å². The monoisotopic (exact) mass is 380 g/mol. The topological polar surface area (TPSA) is 120 Å². The number of nitrogens with zero attached hydrogens (tertiary/aromatic N) is 1. The van der Waals surface area contributed by atoms with Crippen molar-refractivity contribution in [2.45, 2.75) is 24.0 Å². The summed E-state index contributed by atoms with van der Waals surface area (Å²) in [6.07, 6.45) is -0.913. The summed E-state index contributed by atoms with van der Waals surface area (Å²) in [5.74, 6) is -0.344. The van der Waals surface area contributed by atoms with Gasteiger partial charge < -0.3 is 19.9 Å². The lowest BCUT2D eigenvalue weighted by Crippen LogP contribution is -2.37. The molecule has 3 rings (SSSR count). The van der Waals surface area contributed by atoms with Gasteiger partial charge in [0.1, 0.15) is 5.76 Å². The van der Waals surface area contributed by atoms with Crippen LogP contribution in [-0.4, -0.2) is 48.2 Å². The maximum Gasteiger partial charge on any atom is 0.405 e. The van der Waals surface area contributed by atoms with E-state index in [-0.39, 0.29) is 18.0 Å². The summed E-state index contributed by atoms with van der Waals surface area (Å²) in [5.41, 5.74) is 0.937. The number of aliphatic hydroxyl groups is 1. The van der Waals surface area contributed by atoms with Crippen LogP contribution in [0.2, 0.25) is 0 Å².